The Morgan fingerprint density at radius 2 is 2.25 bits per heavy atom. The molecule has 0 saturated heterocycles. The molecule has 0 atom stereocenters. The Bertz CT molecular complexity index is 348. The Hall–Kier alpha value is -1.25. The maximum absolute atomic E-state index is 11.3. The van der Waals surface area contributed by atoms with Gasteiger partial charge < -0.3 is 4.81 Å². The van der Waals surface area contributed by atoms with E-state index in [2.05, 4.69) is 0 Å². The molecule has 1 heterocycles. The third-order valence-electron chi connectivity index (χ3n) is 2.10. The Labute approximate surface area is 72.6 Å². The van der Waals surface area contributed by atoms with Gasteiger partial charge in [-0.2, -0.15) is 0 Å². The first-order valence-corrected chi connectivity index (χ1v) is 3.84. The lowest BCUT2D eigenvalue weighted by Crippen LogP contribution is -2.19. The molecular formula is C9H8BNO. The predicted octanol–water partition coefficient (Wildman–Crippen LogP) is 1.03. The van der Waals surface area contributed by atoms with E-state index in [1.807, 2.05) is 25.1 Å². The SMILES string of the molecule is [B]N1Cc2ccc(C)cc2C1=O. The summed E-state index contributed by atoms with van der Waals surface area (Å²) in [4.78, 5) is 12.6. The lowest BCUT2D eigenvalue weighted by Gasteiger charge is -2.05. The van der Waals surface area contributed by atoms with Crippen LogP contribution in [-0.4, -0.2) is 18.7 Å². The molecule has 1 aromatic rings. The summed E-state index contributed by atoms with van der Waals surface area (Å²) in [6, 6.07) is 5.82. The Morgan fingerprint density at radius 1 is 1.50 bits per heavy atom. The van der Waals surface area contributed by atoms with E-state index in [4.69, 9.17) is 7.98 Å². The maximum Gasteiger partial charge on any atom is 0.241 e. The number of carbonyl (C=O) groups excluding carboxylic acids is 1. The van der Waals surface area contributed by atoms with Crippen LogP contribution in [0.4, 0.5) is 0 Å². The Kier molecular flexibility index (Phi) is 1.46. The normalized spacial score (nSPS) is 15.1. The molecule has 1 aliphatic rings. The number of nitrogens with zero attached hydrogens (tertiary/aromatic N) is 1. The van der Waals surface area contributed by atoms with Crippen molar-refractivity contribution in [1.82, 2.24) is 4.81 Å². The van der Waals surface area contributed by atoms with Crippen LogP contribution in [-0.2, 0) is 6.54 Å². The van der Waals surface area contributed by atoms with Crippen molar-refractivity contribution in [3.05, 3.63) is 34.9 Å². The van der Waals surface area contributed by atoms with Crippen molar-refractivity contribution in [2.45, 2.75) is 13.5 Å². The molecule has 0 spiro atoms. The number of benzene rings is 1. The van der Waals surface area contributed by atoms with E-state index >= 15 is 0 Å². The van der Waals surface area contributed by atoms with Crippen molar-refractivity contribution in [3.8, 4) is 0 Å². The lowest BCUT2D eigenvalue weighted by atomic mass is 10.1. The van der Waals surface area contributed by atoms with E-state index in [-0.39, 0.29) is 5.91 Å². The van der Waals surface area contributed by atoms with Crippen LogP contribution >= 0.6 is 0 Å². The quantitative estimate of drug-likeness (QED) is 0.515. The fourth-order valence-electron chi connectivity index (χ4n) is 1.44. The van der Waals surface area contributed by atoms with E-state index in [1.54, 1.807) is 0 Å². The summed E-state index contributed by atoms with van der Waals surface area (Å²) in [5.41, 5.74) is 2.86. The largest absolute Gasteiger partial charge is 0.389 e. The van der Waals surface area contributed by atoms with E-state index in [0.29, 0.717) is 6.54 Å². The zero-order valence-electron chi connectivity index (χ0n) is 6.87. The van der Waals surface area contributed by atoms with Gasteiger partial charge in [-0.25, -0.2) is 0 Å². The number of amides is 1. The van der Waals surface area contributed by atoms with E-state index in [1.165, 1.54) is 4.81 Å². The summed E-state index contributed by atoms with van der Waals surface area (Å²) in [5, 5.41) is 0. The van der Waals surface area contributed by atoms with Crippen LogP contribution in [0.25, 0.3) is 0 Å². The molecule has 58 valence electrons. The molecule has 2 radical (unpaired) electrons. The third kappa shape index (κ3) is 0.933. The minimum Gasteiger partial charge on any atom is -0.389 e. The molecule has 0 bridgehead atoms. The molecule has 0 unspecified atom stereocenters. The molecule has 0 aromatic heterocycles. The first-order chi connectivity index (χ1) is 5.68. The highest BCUT2D eigenvalue weighted by molar-refractivity contribution is 6.19. The summed E-state index contributed by atoms with van der Waals surface area (Å²) in [6.07, 6.45) is 0. The van der Waals surface area contributed by atoms with Crippen LogP contribution in [0.2, 0.25) is 0 Å². The highest BCUT2D eigenvalue weighted by Crippen LogP contribution is 2.21. The molecular weight excluding hydrogens is 149 g/mol. The van der Waals surface area contributed by atoms with Gasteiger partial charge >= 0.3 is 0 Å². The van der Waals surface area contributed by atoms with Gasteiger partial charge in [-0.1, -0.05) is 17.7 Å². The number of rotatable bonds is 0. The molecule has 3 heteroatoms. The van der Waals surface area contributed by atoms with E-state index in [0.717, 1.165) is 16.7 Å². The first kappa shape index (κ1) is 7.41. The van der Waals surface area contributed by atoms with Crippen LogP contribution in [0.1, 0.15) is 21.5 Å². The van der Waals surface area contributed by atoms with Gasteiger partial charge in [0.1, 0.15) is 0 Å². The molecule has 2 rings (SSSR count). The molecule has 12 heavy (non-hydrogen) atoms. The van der Waals surface area contributed by atoms with Gasteiger partial charge in [-0.15, -0.1) is 0 Å². The second-order valence-corrected chi connectivity index (χ2v) is 3.09. The first-order valence-electron chi connectivity index (χ1n) is 3.84. The van der Waals surface area contributed by atoms with Crippen LogP contribution in [0.15, 0.2) is 18.2 Å². The van der Waals surface area contributed by atoms with Gasteiger partial charge in [-0.3, -0.25) is 4.79 Å². The predicted molar refractivity (Wildman–Crippen MR) is 46.8 cm³/mol. The van der Waals surface area contributed by atoms with Crippen LogP contribution < -0.4 is 0 Å². The summed E-state index contributed by atoms with van der Waals surface area (Å²) in [6.45, 7) is 2.50. The topological polar surface area (TPSA) is 20.3 Å². The highest BCUT2D eigenvalue weighted by Gasteiger charge is 2.22. The Balaban J connectivity index is 2.56. The van der Waals surface area contributed by atoms with Gasteiger partial charge in [0.2, 0.25) is 13.9 Å². The van der Waals surface area contributed by atoms with Crippen molar-refractivity contribution >= 4 is 13.9 Å². The lowest BCUT2D eigenvalue weighted by molar-refractivity contribution is 0.0880. The fourth-order valence-corrected chi connectivity index (χ4v) is 1.44. The molecule has 1 amide bonds. The smallest absolute Gasteiger partial charge is 0.241 e. The Morgan fingerprint density at radius 3 is 3.00 bits per heavy atom. The van der Waals surface area contributed by atoms with Gasteiger partial charge in [0, 0.05) is 12.1 Å². The van der Waals surface area contributed by atoms with Crippen molar-refractivity contribution in [1.29, 1.82) is 0 Å². The van der Waals surface area contributed by atoms with Gasteiger partial charge in [0.15, 0.2) is 0 Å². The van der Waals surface area contributed by atoms with Gasteiger partial charge in [0.05, 0.1) is 0 Å². The number of hydrogen-bond acceptors (Lipinski definition) is 1. The second kappa shape index (κ2) is 2.37. The van der Waals surface area contributed by atoms with Crippen molar-refractivity contribution < 1.29 is 4.79 Å². The maximum atomic E-state index is 11.3. The molecule has 0 fully saturated rings. The number of aryl methyl sites for hydroxylation is 1. The van der Waals surface area contributed by atoms with Gasteiger partial charge in [-0.05, 0) is 18.6 Å². The molecule has 2 nitrogen and oxygen atoms in total. The summed E-state index contributed by atoms with van der Waals surface area (Å²) < 4.78 is 0. The number of fused-ring (bicyclic) bond motifs is 1. The van der Waals surface area contributed by atoms with Crippen LogP contribution in [0.3, 0.4) is 0 Å². The monoisotopic (exact) mass is 157 g/mol. The standard InChI is InChI=1S/C9H8BNO/c1-6-2-3-7-5-11(10)9(12)8(7)4-6/h2-4H,5H2,1H3. The van der Waals surface area contributed by atoms with Crippen LogP contribution in [0, 0.1) is 6.92 Å². The summed E-state index contributed by atoms with van der Waals surface area (Å²) in [7, 11) is 5.46. The van der Waals surface area contributed by atoms with Crippen molar-refractivity contribution in [2.24, 2.45) is 0 Å². The number of hydrogen-bond donors (Lipinski definition) is 0. The highest BCUT2D eigenvalue weighted by atomic mass is 16.2. The van der Waals surface area contributed by atoms with Crippen molar-refractivity contribution in [3.63, 3.8) is 0 Å². The molecule has 1 aliphatic heterocycles. The van der Waals surface area contributed by atoms with E-state index in [9.17, 15) is 4.79 Å². The zero-order chi connectivity index (χ0) is 8.72. The summed E-state index contributed by atoms with van der Waals surface area (Å²) in [5.74, 6) is -0.0753. The van der Waals surface area contributed by atoms with Crippen LogP contribution in [0.5, 0.6) is 0 Å². The average Bonchev–Trinajstić information content (AvgIpc) is 2.31. The minimum absolute atomic E-state index is 0.0753. The average molecular weight is 157 g/mol. The van der Waals surface area contributed by atoms with Gasteiger partial charge in [0.25, 0.3) is 0 Å². The summed E-state index contributed by atoms with van der Waals surface area (Å²) >= 11 is 0. The molecule has 0 aliphatic carbocycles. The number of carbonyl (C=O) groups is 1. The molecule has 1 aromatic carbocycles. The minimum atomic E-state index is -0.0753. The molecule has 0 N–H and O–H groups in total. The second-order valence-electron chi connectivity index (χ2n) is 3.09. The molecule has 0 saturated carbocycles. The zero-order valence-corrected chi connectivity index (χ0v) is 6.87. The fraction of sp³-hybridized carbons (Fsp3) is 0.222. The van der Waals surface area contributed by atoms with Crippen molar-refractivity contribution in [2.75, 3.05) is 0 Å². The third-order valence-corrected chi connectivity index (χ3v) is 2.10. The van der Waals surface area contributed by atoms with E-state index < -0.39 is 0 Å².